The van der Waals surface area contributed by atoms with Gasteiger partial charge in [-0.25, -0.2) is 5.43 Å². The number of para-hydroxylation sites is 2. The monoisotopic (exact) mass is 431 g/mol. The van der Waals surface area contributed by atoms with Crippen molar-refractivity contribution in [2.75, 3.05) is 0 Å². The van der Waals surface area contributed by atoms with Crippen molar-refractivity contribution in [2.45, 2.75) is 6.54 Å². The molecule has 160 valence electrons. The summed E-state index contributed by atoms with van der Waals surface area (Å²) in [7, 11) is 0. The molecule has 5 rings (SSSR count). The number of hydrogen-bond donors (Lipinski definition) is 1. The maximum atomic E-state index is 12.4. The maximum Gasteiger partial charge on any atom is 0.305 e. The summed E-state index contributed by atoms with van der Waals surface area (Å²) >= 11 is 0. The molecular formula is C28H23N4O+. The zero-order chi connectivity index (χ0) is 22.5. The number of amides is 1. The third-order valence-electron chi connectivity index (χ3n) is 5.46. The van der Waals surface area contributed by atoms with E-state index < -0.39 is 0 Å². The predicted molar refractivity (Wildman–Crippen MR) is 131 cm³/mol. The first kappa shape index (κ1) is 20.4. The molecule has 5 aromatic rings. The smallest absolute Gasteiger partial charge is 0.305 e. The first-order chi connectivity index (χ1) is 16.3. The van der Waals surface area contributed by atoms with Crippen LogP contribution in [0.15, 0.2) is 121 Å². The van der Waals surface area contributed by atoms with Crippen molar-refractivity contribution in [1.29, 1.82) is 0 Å². The summed E-state index contributed by atoms with van der Waals surface area (Å²) < 4.78 is 4.05. The average molecular weight is 432 g/mol. The third kappa shape index (κ3) is 4.29. The predicted octanol–water partition coefficient (Wildman–Crippen LogP) is 4.74. The fourth-order valence-corrected chi connectivity index (χ4v) is 4.03. The van der Waals surface area contributed by atoms with Crippen LogP contribution in [0.25, 0.3) is 27.8 Å². The highest BCUT2D eigenvalue weighted by Gasteiger charge is 2.18. The second kappa shape index (κ2) is 9.32. The van der Waals surface area contributed by atoms with E-state index >= 15 is 0 Å². The van der Waals surface area contributed by atoms with E-state index in [1.807, 2.05) is 83.7 Å². The fraction of sp³-hybridized carbons (Fsp3) is 0.0357. The number of rotatable bonds is 6. The van der Waals surface area contributed by atoms with Gasteiger partial charge in [0.1, 0.15) is 0 Å². The molecule has 2 aromatic heterocycles. The van der Waals surface area contributed by atoms with Crippen LogP contribution in [-0.2, 0) is 11.3 Å². The highest BCUT2D eigenvalue weighted by Crippen LogP contribution is 2.35. The van der Waals surface area contributed by atoms with Crippen LogP contribution in [0.4, 0.5) is 0 Å². The van der Waals surface area contributed by atoms with Crippen LogP contribution < -0.4 is 9.99 Å². The largest absolute Gasteiger partial charge is 0.309 e. The Hall–Kier alpha value is -4.51. The normalized spacial score (nSPS) is 11.2. The molecule has 0 atom stereocenters. The highest BCUT2D eigenvalue weighted by atomic mass is 16.2. The van der Waals surface area contributed by atoms with Gasteiger partial charge >= 0.3 is 5.91 Å². The van der Waals surface area contributed by atoms with Crippen LogP contribution in [0.2, 0.25) is 0 Å². The second-order valence-electron chi connectivity index (χ2n) is 7.66. The number of fused-ring (bicyclic) bond motifs is 1. The van der Waals surface area contributed by atoms with Gasteiger partial charge in [-0.05, 0) is 23.8 Å². The summed E-state index contributed by atoms with van der Waals surface area (Å²) in [6.45, 7) is 0.204. The number of nitrogens with one attached hydrogen (secondary N) is 1. The van der Waals surface area contributed by atoms with Crippen LogP contribution in [-0.4, -0.2) is 16.7 Å². The number of hydrazone groups is 1. The molecular weight excluding hydrogens is 408 g/mol. The van der Waals surface area contributed by atoms with Gasteiger partial charge in [0.2, 0.25) is 6.54 Å². The number of hydrogen-bond acceptors (Lipinski definition) is 2. The van der Waals surface area contributed by atoms with E-state index in [1.165, 1.54) is 0 Å². The van der Waals surface area contributed by atoms with E-state index in [-0.39, 0.29) is 12.5 Å². The Labute approximate surface area is 192 Å². The minimum absolute atomic E-state index is 0.185. The molecule has 0 unspecified atom stereocenters. The molecule has 33 heavy (non-hydrogen) atoms. The van der Waals surface area contributed by atoms with Gasteiger partial charge in [-0.1, -0.05) is 72.8 Å². The van der Waals surface area contributed by atoms with Crippen molar-refractivity contribution in [2.24, 2.45) is 5.10 Å². The van der Waals surface area contributed by atoms with Gasteiger partial charge < -0.3 is 4.57 Å². The van der Waals surface area contributed by atoms with Crippen molar-refractivity contribution in [3.8, 4) is 16.9 Å². The molecule has 0 saturated carbocycles. The summed E-state index contributed by atoms with van der Waals surface area (Å²) in [5.74, 6) is -0.185. The molecule has 0 aliphatic rings. The molecule has 2 heterocycles. The molecule has 5 nitrogen and oxygen atoms in total. The molecule has 0 spiro atoms. The minimum atomic E-state index is -0.185. The quantitative estimate of drug-likeness (QED) is 0.236. The zero-order valence-electron chi connectivity index (χ0n) is 18.0. The van der Waals surface area contributed by atoms with Crippen molar-refractivity contribution < 1.29 is 9.36 Å². The summed E-state index contributed by atoms with van der Waals surface area (Å²) in [6, 6.07) is 34.5. The molecule has 1 amide bonds. The lowest BCUT2D eigenvalue weighted by molar-refractivity contribution is -0.684. The molecule has 0 aliphatic heterocycles. The van der Waals surface area contributed by atoms with Crippen molar-refractivity contribution in [1.82, 2.24) is 9.99 Å². The highest BCUT2D eigenvalue weighted by molar-refractivity contribution is 6.07. The van der Waals surface area contributed by atoms with Gasteiger partial charge in [0.15, 0.2) is 12.4 Å². The summed E-state index contributed by atoms with van der Waals surface area (Å²) in [4.78, 5) is 12.4. The van der Waals surface area contributed by atoms with E-state index in [2.05, 4.69) is 51.5 Å². The second-order valence-corrected chi connectivity index (χ2v) is 7.66. The Bertz CT molecular complexity index is 1410. The van der Waals surface area contributed by atoms with Gasteiger partial charge in [0.05, 0.1) is 17.4 Å². The third-order valence-corrected chi connectivity index (χ3v) is 5.46. The number of aromatic nitrogens is 2. The first-order valence-electron chi connectivity index (χ1n) is 10.8. The van der Waals surface area contributed by atoms with Gasteiger partial charge in [-0.15, -0.1) is 0 Å². The van der Waals surface area contributed by atoms with E-state index in [9.17, 15) is 4.79 Å². The molecule has 1 N–H and O–H groups in total. The average Bonchev–Trinajstić information content (AvgIpc) is 3.20. The van der Waals surface area contributed by atoms with Gasteiger partial charge in [0.25, 0.3) is 0 Å². The topological polar surface area (TPSA) is 50.3 Å². The standard InChI is InChI=1S/C28H22N4O/c33-27(21-31-18-10-3-11-19-31)30-29-20-25-24-16-8-9-17-26(24)32(23-14-6-2-7-15-23)28(25)22-12-4-1-5-13-22/h1-20H,21H2/p+1/b29-20+. The number of benzene rings is 3. The maximum absolute atomic E-state index is 12.4. The minimum Gasteiger partial charge on any atom is -0.309 e. The lowest BCUT2D eigenvalue weighted by Gasteiger charge is -2.12. The molecule has 0 radical (unpaired) electrons. The zero-order valence-corrected chi connectivity index (χ0v) is 18.0. The number of nitrogens with zero attached hydrogens (tertiary/aromatic N) is 3. The Kier molecular flexibility index (Phi) is 5.76. The van der Waals surface area contributed by atoms with Gasteiger partial charge in [-0.3, -0.25) is 4.79 Å². The van der Waals surface area contributed by atoms with Gasteiger partial charge in [-0.2, -0.15) is 9.67 Å². The van der Waals surface area contributed by atoms with E-state index in [0.717, 1.165) is 33.4 Å². The molecule has 0 bridgehead atoms. The molecule has 3 aromatic carbocycles. The van der Waals surface area contributed by atoms with Crippen LogP contribution in [0.5, 0.6) is 0 Å². The molecule has 0 aliphatic carbocycles. The van der Waals surface area contributed by atoms with E-state index in [4.69, 9.17) is 0 Å². The van der Waals surface area contributed by atoms with Crippen LogP contribution in [0, 0.1) is 0 Å². The Morgan fingerprint density at radius 3 is 2.21 bits per heavy atom. The van der Waals surface area contributed by atoms with Crippen LogP contribution in [0.3, 0.4) is 0 Å². The molecule has 0 fully saturated rings. The Balaban J connectivity index is 1.58. The van der Waals surface area contributed by atoms with E-state index in [0.29, 0.717) is 0 Å². The van der Waals surface area contributed by atoms with Crippen molar-refractivity contribution in [3.05, 3.63) is 121 Å². The summed E-state index contributed by atoms with van der Waals surface area (Å²) in [5, 5.41) is 5.40. The summed E-state index contributed by atoms with van der Waals surface area (Å²) in [6.07, 6.45) is 5.45. The Morgan fingerprint density at radius 2 is 1.45 bits per heavy atom. The van der Waals surface area contributed by atoms with Crippen LogP contribution >= 0.6 is 0 Å². The van der Waals surface area contributed by atoms with E-state index in [1.54, 1.807) is 6.21 Å². The lowest BCUT2D eigenvalue weighted by atomic mass is 10.1. The first-order valence-corrected chi connectivity index (χ1v) is 10.8. The summed E-state index contributed by atoms with van der Waals surface area (Å²) in [5.41, 5.74) is 7.87. The fourth-order valence-electron chi connectivity index (χ4n) is 4.03. The lowest BCUT2D eigenvalue weighted by Crippen LogP contribution is -2.40. The number of pyridine rings is 1. The number of carbonyl (C=O) groups excluding carboxylic acids is 1. The Morgan fingerprint density at radius 1 is 0.818 bits per heavy atom. The molecule has 0 saturated heterocycles. The van der Waals surface area contributed by atoms with Crippen molar-refractivity contribution >= 4 is 23.0 Å². The SMILES string of the molecule is O=C(C[n+]1ccccc1)N/N=C/c1c(-c2ccccc2)n(-c2ccccc2)c2ccccc12. The number of carbonyl (C=O) groups is 1. The van der Waals surface area contributed by atoms with Crippen LogP contribution in [0.1, 0.15) is 5.56 Å². The van der Waals surface area contributed by atoms with Crippen molar-refractivity contribution in [3.63, 3.8) is 0 Å². The molecule has 5 heteroatoms. The van der Waals surface area contributed by atoms with Gasteiger partial charge in [0, 0.05) is 28.8 Å².